The quantitative estimate of drug-likeness (QED) is 0.836. The van der Waals surface area contributed by atoms with Gasteiger partial charge in [0.15, 0.2) is 0 Å². The maximum atomic E-state index is 11.4. The Kier molecular flexibility index (Phi) is 12.8. The molecule has 1 rings (SSSR count). The molecule has 22 heavy (non-hydrogen) atoms. The number of carboxylic acids is 1. The van der Waals surface area contributed by atoms with E-state index in [9.17, 15) is 9.90 Å². The minimum atomic E-state index is -1.01. The van der Waals surface area contributed by atoms with E-state index in [1.165, 1.54) is 12.2 Å². The molecule has 0 spiro atoms. The molecule has 1 heterocycles. The van der Waals surface area contributed by atoms with Crippen LogP contribution in [0, 0.1) is 0 Å². The number of carboxylic acid groups (broad SMARTS) is 1. The van der Waals surface area contributed by atoms with Crippen molar-refractivity contribution in [2.75, 3.05) is 6.26 Å². The molecule has 0 radical (unpaired) electrons. The number of aromatic nitrogens is 1. The Labute approximate surface area is 138 Å². The molecule has 4 heteroatoms. The lowest BCUT2D eigenvalue weighted by atomic mass is 10.0. The highest BCUT2D eigenvalue weighted by Crippen LogP contribution is 2.10. The van der Waals surface area contributed by atoms with Gasteiger partial charge in [-0.1, -0.05) is 51.8 Å². The van der Waals surface area contributed by atoms with Gasteiger partial charge in [0.2, 0.25) is 0 Å². The molecule has 1 aromatic rings. The molecule has 1 N–H and O–H groups in total. The lowest BCUT2D eigenvalue weighted by Gasteiger charge is -2.07. The highest BCUT2D eigenvalue weighted by atomic mass is 32.1. The second-order valence-electron chi connectivity index (χ2n) is 3.49. The molecular formula is C18H25NO2S. The van der Waals surface area contributed by atoms with Gasteiger partial charge in [0.25, 0.3) is 0 Å². The first-order valence-electron chi connectivity index (χ1n) is 6.86. The highest BCUT2D eigenvalue weighted by molar-refractivity contribution is 7.79. The average molecular weight is 319 g/mol. The van der Waals surface area contributed by atoms with E-state index in [1.54, 1.807) is 31.4 Å². The standard InChI is InChI=1S/C15H15NO2.C2H6.CH4S/c1-5-9-13-11(7-3)14(15(17)18)10(6-2)12(8-4)16-13;2*1-2/h5-9H,1-2,4H2,3H3,(H,17,18);1-2H3;2H,1H3/b11-7+,13-9+;;. The fourth-order valence-electron chi connectivity index (χ4n) is 1.77. The van der Waals surface area contributed by atoms with E-state index in [0.29, 0.717) is 21.8 Å². The van der Waals surface area contributed by atoms with Gasteiger partial charge in [-0.25, -0.2) is 9.78 Å². The van der Waals surface area contributed by atoms with Gasteiger partial charge in [0, 0.05) is 10.8 Å². The smallest absolute Gasteiger partial charge is 0.337 e. The third kappa shape index (κ3) is 5.37. The van der Waals surface area contributed by atoms with Gasteiger partial charge in [0.05, 0.1) is 16.6 Å². The van der Waals surface area contributed by atoms with Crippen LogP contribution in [0.3, 0.4) is 0 Å². The zero-order chi connectivity index (χ0) is 17.7. The molecule has 0 aliphatic carbocycles. The fraction of sp³-hybridized carbons (Fsp3) is 0.222. The molecule has 120 valence electrons. The molecule has 0 aliphatic heterocycles. The fourth-order valence-corrected chi connectivity index (χ4v) is 1.77. The first-order chi connectivity index (χ1) is 10.6. The number of carbonyl (C=O) groups is 1. The van der Waals surface area contributed by atoms with Crippen LogP contribution in [0.2, 0.25) is 0 Å². The predicted molar refractivity (Wildman–Crippen MR) is 102 cm³/mol. The van der Waals surface area contributed by atoms with Crippen LogP contribution < -0.4 is 10.6 Å². The van der Waals surface area contributed by atoms with Crippen LogP contribution in [0.4, 0.5) is 0 Å². The van der Waals surface area contributed by atoms with Gasteiger partial charge in [-0.3, -0.25) is 0 Å². The summed E-state index contributed by atoms with van der Waals surface area (Å²) in [6, 6.07) is 0. The Bertz CT molecular complexity index is 646. The molecule has 0 unspecified atom stereocenters. The number of hydrogen-bond donors (Lipinski definition) is 2. The predicted octanol–water partition coefficient (Wildman–Crippen LogP) is 3.40. The summed E-state index contributed by atoms with van der Waals surface area (Å²) in [5, 5.41) is 10.5. The van der Waals surface area contributed by atoms with Crippen LogP contribution in [0.5, 0.6) is 0 Å². The second-order valence-corrected chi connectivity index (χ2v) is 3.49. The minimum Gasteiger partial charge on any atom is -0.478 e. The molecular weight excluding hydrogens is 294 g/mol. The summed E-state index contributed by atoms with van der Waals surface area (Å²) in [6.07, 6.45) is 9.65. The molecule has 3 nitrogen and oxygen atoms in total. The van der Waals surface area contributed by atoms with Gasteiger partial charge in [-0.15, -0.1) is 0 Å². The number of hydrogen-bond acceptors (Lipinski definition) is 3. The lowest BCUT2D eigenvalue weighted by molar-refractivity contribution is 0.0695. The zero-order valence-corrected chi connectivity index (χ0v) is 14.7. The molecule has 0 atom stereocenters. The van der Waals surface area contributed by atoms with Crippen molar-refractivity contribution >= 4 is 42.9 Å². The third-order valence-corrected chi connectivity index (χ3v) is 2.51. The van der Waals surface area contributed by atoms with E-state index in [-0.39, 0.29) is 5.56 Å². The maximum Gasteiger partial charge on any atom is 0.337 e. The van der Waals surface area contributed by atoms with Crippen LogP contribution >= 0.6 is 12.6 Å². The van der Waals surface area contributed by atoms with Crippen LogP contribution in [-0.2, 0) is 0 Å². The van der Waals surface area contributed by atoms with Crippen LogP contribution in [-0.4, -0.2) is 22.3 Å². The summed E-state index contributed by atoms with van der Waals surface area (Å²) in [4.78, 5) is 15.8. The van der Waals surface area contributed by atoms with E-state index in [2.05, 4.69) is 37.3 Å². The summed E-state index contributed by atoms with van der Waals surface area (Å²) >= 11 is 3.53. The van der Waals surface area contributed by atoms with Crippen LogP contribution in [0.1, 0.15) is 42.4 Å². The molecule has 0 saturated carbocycles. The van der Waals surface area contributed by atoms with Gasteiger partial charge >= 0.3 is 5.97 Å². The van der Waals surface area contributed by atoms with Gasteiger partial charge < -0.3 is 5.11 Å². The van der Waals surface area contributed by atoms with E-state index in [4.69, 9.17) is 0 Å². The topological polar surface area (TPSA) is 50.2 Å². The normalized spacial score (nSPS) is 10.6. The van der Waals surface area contributed by atoms with E-state index in [0.717, 1.165) is 0 Å². The van der Waals surface area contributed by atoms with Crippen molar-refractivity contribution in [3.8, 4) is 0 Å². The van der Waals surface area contributed by atoms with Crippen LogP contribution in [0.25, 0.3) is 24.3 Å². The van der Waals surface area contributed by atoms with Crippen molar-refractivity contribution in [3.63, 3.8) is 0 Å². The zero-order valence-electron chi connectivity index (χ0n) is 13.8. The number of thiol groups is 1. The number of pyridine rings is 1. The van der Waals surface area contributed by atoms with E-state index in [1.807, 2.05) is 13.8 Å². The monoisotopic (exact) mass is 319 g/mol. The number of nitrogens with zero attached hydrogens (tertiary/aromatic N) is 1. The molecule has 0 saturated heterocycles. The first-order valence-corrected chi connectivity index (χ1v) is 7.76. The first kappa shape index (κ1) is 22.2. The largest absolute Gasteiger partial charge is 0.478 e. The Hall–Kier alpha value is -2.07. The maximum absolute atomic E-state index is 11.4. The molecule has 0 bridgehead atoms. The summed E-state index contributed by atoms with van der Waals surface area (Å²) in [5.74, 6) is -1.01. The Morgan fingerprint density at radius 3 is 2.05 bits per heavy atom. The SMILES string of the molecule is C=C/C=c1/nc(C=C)c(C=C)c(C(=O)O)/c1=C/C.CC.CS. The number of allylic oxidation sites excluding steroid dienone is 1. The van der Waals surface area contributed by atoms with Gasteiger partial charge in [0.1, 0.15) is 0 Å². The molecule has 1 aromatic heterocycles. The number of aromatic carboxylic acids is 1. The Morgan fingerprint density at radius 2 is 1.73 bits per heavy atom. The molecule has 0 aromatic carbocycles. The van der Waals surface area contributed by atoms with Gasteiger partial charge in [-0.05, 0) is 25.3 Å². The second kappa shape index (κ2) is 12.7. The van der Waals surface area contributed by atoms with Crippen molar-refractivity contribution in [1.82, 2.24) is 4.98 Å². The number of rotatable bonds is 4. The molecule has 0 fully saturated rings. The minimum absolute atomic E-state index is 0.186. The van der Waals surface area contributed by atoms with E-state index < -0.39 is 5.97 Å². The Balaban J connectivity index is 0. The summed E-state index contributed by atoms with van der Waals surface area (Å²) in [6.45, 7) is 16.7. The van der Waals surface area contributed by atoms with Gasteiger partial charge in [-0.2, -0.15) is 12.6 Å². The average Bonchev–Trinajstić information content (AvgIpc) is 2.57. The lowest BCUT2D eigenvalue weighted by Crippen LogP contribution is -2.35. The van der Waals surface area contributed by atoms with Crippen molar-refractivity contribution in [3.05, 3.63) is 53.2 Å². The van der Waals surface area contributed by atoms with Crippen molar-refractivity contribution in [1.29, 1.82) is 0 Å². The third-order valence-electron chi connectivity index (χ3n) is 2.51. The van der Waals surface area contributed by atoms with E-state index >= 15 is 0 Å². The highest BCUT2D eigenvalue weighted by Gasteiger charge is 2.14. The summed E-state index contributed by atoms with van der Waals surface area (Å²) in [7, 11) is 0. The van der Waals surface area contributed by atoms with Crippen molar-refractivity contribution in [2.45, 2.75) is 20.8 Å². The molecule has 0 amide bonds. The molecule has 0 aliphatic rings. The summed E-state index contributed by atoms with van der Waals surface area (Å²) in [5.41, 5.74) is 1.17. The van der Waals surface area contributed by atoms with Crippen LogP contribution in [0.15, 0.2) is 25.8 Å². The Morgan fingerprint density at radius 1 is 1.18 bits per heavy atom. The van der Waals surface area contributed by atoms with Crippen molar-refractivity contribution < 1.29 is 9.90 Å². The van der Waals surface area contributed by atoms with Crippen molar-refractivity contribution in [2.24, 2.45) is 0 Å². The summed E-state index contributed by atoms with van der Waals surface area (Å²) < 4.78 is 0.